The monoisotopic (exact) mass is 566 g/mol. The molecule has 0 bridgehead atoms. The van der Waals surface area contributed by atoms with Crippen LogP contribution in [0.15, 0.2) is 97.2 Å². The normalized spacial score (nSPS) is 14.3. The smallest absolute Gasteiger partial charge is 0.137 e. The zero-order valence-electron chi connectivity index (χ0n) is 27.6. The summed E-state index contributed by atoms with van der Waals surface area (Å²) >= 11 is 0. The van der Waals surface area contributed by atoms with E-state index in [4.69, 9.17) is 8.85 Å². The second-order valence-electron chi connectivity index (χ2n) is 12.1. The maximum Gasteiger partial charge on any atom is 0.137 e. The van der Waals surface area contributed by atoms with E-state index in [1.165, 1.54) is 18.0 Å². The van der Waals surface area contributed by atoms with Crippen LogP contribution in [0.25, 0.3) is 27.6 Å². The van der Waals surface area contributed by atoms with Crippen molar-refractivity contribution in [1.82, 2.24) is 9.55 Å². The van der Waals surface area contributed by atoms with Crippen molar-refractivity contribution >= 4 is 38.9 Å². The molecule has 212 valence electrons. The maximum atomic E-state index is 9.62. The van der Waals surface area contributed by atoms with Gasteiger partial charge in [-0.2, -0.15) is 5.26 Å². The molecule has 43 heavy (non-hydrogen) atoms. The Morgan fingerprint density at radius 2 is 1.70 bits per heavy atom. The van der Waals surface area contributed by atoms with Crippen LogP contribution in [-0.4, -0.2) is 23.3 Å². The van der Waals surface area contributed by atoms with E-state index in [2.05, 4.69) is 91.1 Å². The zero-order valence-corrected chi connectivity index (χ0v) is 24.6. The Kier molecular flexibility index (Phi) is 5.38. The first-order valence-corrected chi connectivity index (χ1v) is 14.3. The van der Waals surface area contributed by atoms with E-state index in [0.29, 0.717) is 22.9 Å². The number of aryl methyl sites for hydroxylation is 1. The Morgan fingerprint density at radius 3 is 2.49 bits per heavy atom. The summed E-state index contributed by atoms with van der Waals surface area (Å²) in [4.78, 5) is 9.10. The van der Waals surface area contributed by atoms with Gasteiger partial charge in [0, 0.05) is 45.9 Å². The van der Waals surface area contributed by atoms with Crippen molar-refractivity contribution < 1.29 is 8.85 Å². The first kappa shape index (κ1) is 23.3. The summed E-state index contributed by atoms with van der Waals surface area (Å²) in [6.07, 6.45) is 1.52. The summed E-state index contributed by atoms with van der Waals surface area (Å²) < 4.78 is 32.4. The number of hydrogen-bond donors (Lipinski definition) is 0. The van der Waals surface area contributed by atoms with E-state index in [0.717, 1.165) is 45.4 Å². The minimum absolute atomic E-state index is 0.118. The standard InChI is InChI=1S/C37H33N5O/c1-24-14-15-39-36(16-24)42-32-13-10-25(22-38)17-31(32)30-12-11-28(21-35(30)42)43-29-19-26(37(2,3)4)18-27(20-29)41-23-40(5)33-8-6-7-9-34(33)41/h6-21H,23H2,1-5H3/i1D3. The van der Waals surface area contributed by atoms with Gasteiger partial charge in [0.2, 0.25) is 0 Å². The Labute approximate surface area is 256 Å². The Bertz CT molecular complexity index is 2190. The second-order valence-corrected chi connectivity index (χ2v) is 12.1. The van der Waals surface area contributed by atoms with Gasteiger partial charge < -0.3 is 14.5 Å². The number of nitrogens with zero attached hydrogens (tertiary/aromatic N) is 5. The molecule has 0 N–H and O–H groups in total. The molecule has 0 radical (unpaired) electrons. The summed E-state index contributed by atoms with van der Waals surface area (Å²) in [7, 11) is 2.10. The molecule has 6 nitrogen and oxygen atoms in total. The van der Waals surface area contributed by atoms with Gasteiger partial charge in [0.05, 0.1) is 40.7 Å². The van der Waals surface area contributed by atoms with E-state index in [-0.39, 0.29) is 11.0 Å². The fourth-order valence-corrected chi connectivity index (χ4v) is 5.89. The van der Waals surface area contributed by atoms with Gasteiger partial charge in [0.25, 0.3) is 0 Å². The van der Waals surface area contributed by atoms with E-state index in [1.54, 1.807) is 12.1 Å². The molecule has 7 rings (SSSR count). The fraction of sp³-hybridized carbons (Fsp3) is 0.189. The largest absolute Gasteiger partial charge is 0.457 e. The summed E-state index contributed by atoms with van der Waals surface area (Å²) in [5.74, 6) is 1.81. The molecule has 0 spiro atoms. The Hall–Kier alpha value is -5.28. The van der Waals surface area contributed by atoms with Crippen LogP contribution in [0.5, 0.6) is 11.5 Å². The van der Waals surface area contributed by atoms with E-state index >= 15 is 0 Å². The first-order valence-electron chi connectivity index (χ1n) is 15.8. The minimum atomic E-state index is -2.28. The maximum absolute atomic E-state index is 9.62. The van der Waals surface area contributed by atoms with Crippen LogP contribution < -0.4 is 14.5 Å². The zero-order chi connectivity index (χ0) is 32.4. The summed E-state index contributed by atoms with van der Waals surface area (Å²) in [5, 5.41) is 11.4. The van der Waals surface area contributed by atoms with Crippen LogP contribution >= 0.6 is 0 Å². The molecule has 2 aromatic heterocycles. The third kappa shape index (κ3) is 4.64. The van der Waals surface area contributed by atoms with Crippen LogP contribution in [0.4, 0.5) is 17.1 Å². The summed E-state index contributed by atoms with van der Waals surface area (Å²) in [6, 6.07) is 31.5. The molecule has 6 aromatic rings. The second kappa shape index (κ2) is 9.92. The minimum Gasteiger partial charge on any atom is -0.457 e. The Morgan fingerprint density at radius 1 is 0.860 bits per heavy atom. The molecule has 0 saturated carbocycles. The molecule has 6 heteroatoms. The lowest BCUT2D eigenvalue weighted by Gasteiger charge is -2.25. The van der Waals surface area contributed by atoms with Gasteiger partial charge >= 0.3 is 0 Å². The molecule has 0 aliphatic carbocycles. The van der Waals surface area contributed by atoms with E-state index in [1.807, 2.05) is 34.9 Å². The highest BCUT2D eigenvalue weighted by molar-refractivity contribution is 6.10. The molecule has 0 fully saturated rings. The van der Waals surface area contributed by atoms with Gasteiger partial charge in [0.15, 0.2) is 0 Å². The summed E-state index contributed by atoms with van der Waals surface area (Å²) in [5.41, 5.74) is 6.76. The lowest BCUT2D eigenvalue weighted by atomic mass is 9.86. The van der Waals surface area contributed by atoms with E-state index in [9.17, 15) is 5.26 Å². The molecular formula is C37H33N5O. The van der Waals surface area contributed by atoms with Crippen molar-refractivity contribution in [1.29, 1.82) is 5.26 Å². The van der Waals surface area contributed by atoms with Crippen molar-refractivity contribution in [2.24, 2.45) is 0 Å². The molecule has 0 unspecified atom stereocenters. The van der Waals surface area contributed by atoms with Gasteiger partial charge in [-0.05, 0) is 90.1 Å². The van der Waals surface area contributed by atoms with Crippen molar-refractivity contribution in [2.45, 2.75) is 33.0 Å². The molecule has 1 aliphatic rings. The topological polar surface area (TPSA) is 57.3 Å². The molecule has 3 heterocycles. The molecule has 1 aliphatic heterocycles. The fourth-order valence-electron chi connectivity index (χ4n) is 5.89. The van der Waals surface area contributed by atoms with Crippen LogP contribution in [0.3, 0.4) is 0 Å². The number of anilines is 3. The number of aromatic nitrogens is 2. The number of para-hydroxylation sites is 2. The van der Waals surface area contributed by atoms with E-state index < -0.39 is 6.85 Å². The first-order chi connectivity index (χ1) is 21.9. The van der Waals surface area contributed by atoms with Crippen molar-refractivity contribution in [3.8, 4) is 23.4 Å². The number of ether oxygens (including phenoxy) is 1. The summed E-state index contributed by atoms with van der Waals surface area (Å²) in [6.45, 7) is 5.03. The highest BCUT2D eigenvalue weighted by atomic mass is 16.5. The molecular weight excluding hydrogens is 530 g/mol. The number of pyridine rings is 1. The number of rotatable bonds is 4. The number of nitriles is 1. The number of benzene rings is 4. The van der Waals surface area contributed by atoms with Gasteiger partial charge in [-0.3, -0.25) is 4.57 Å². The van der Waals surface area contributed by atoms with Crippen LogP contribution in [-0.2, 0) is 5.41 Å². The molecule has 0 atom stereocenters. The average molecular weight is 567 g/mol. The quantitative estimate of drug-likeness (QED) is 0.213. The highest BCUT2D eigenvalue weighted by Crippen LogP contribution is 2.43. The van der Waals surface area contributed by atoms with Gasteiger partial charge in [-0.1, -0.05) is 32.9 Å². The lowest BCUT2D eigenvalue weighted by molar-refractivity contribution is 0.479. The lowest BCUT2D eigenvalue weighted by Crippen LogP contribution is -2.24. The molecule has 0 saturated heterocycles. The van der Waals surface area contributed by atoms with Crippen molar-refractivity contribution in [2.75, 3.05) is 23.5 Å². The van der Waals surface area contributed by atoms with Crippen LogP contribution in [0, 0.1) is 18.2 Å². The average Bonchev–Trinajstić information content (AvgIpc) is 3.54. The van der Waals surface area contributed by atoms with Crippen LogP contribution in [0.2, 0.25) is 0 Å². The van der Waals surface area contributed by atoms with Crippen molar-refractivity contribution in [3.63, 3.8) is 0 Å². The van der Waals surface area contributed by atoms with Gasteiger partial charge in [0.1, 0.15) is 17.3 Å². The van der Waals surface area contributed by atoms with Gasteiger partial charge in [-0.25, -0.2) is 4.98 Å². The van der Waals surface area contributed by atoms with Crippen LogP contribution in [0.1, 0.15) is 41.6 Å². The molecule has 0 amide bonds. The number of fused-ring (bicyclic) bond motifs is 4. The third-order valence-electron chi connectivity index (χ3n) is 8.08. The predicted molar refractivity (Wildman–Crippen MR) is 175 cm³/mol. The number of hydrogen-bond acceptors (Lipinski definition) is 5. The third-order valence-corrected chi connectivity index (χ3v) is 8.08. The van der Waals surface area contributed by atoms with Gasteiger partial charge in [-0.15, -0.1) is 0 Å². The highest BCUT2D eigenvalue weighted by Gasteiger charge is 2.26. The Balaban J connectivity index is 1.37. The van der Waals surface area contributed by atoms with Crippen molar-refractivity contribution in [3.05, 3.63) is 114 Å². The molecule has 4 aromatic carbocycles. The SMILES string of the molecule is [2H]C([2H])([2H])c1ccnc(-n2c3ccc(C#N)cc3c3ccc(Oc4cc(N5CN(C)c6ccccc65)cc(C(C)(C)C)c4)cc32)c1. The predicted octanol–water partition coefficient (Wildman–Crippen LogP) is 8.99.